The van der Waals surface area contributed by atoms with E-state index in [9.17, 15) is 5.11 Å². The minimum absolute atomic E-state index is 0.0656. The molecule has 0 aromatic heterocycles. The van der Waals surface area contributed by atoms with E-state index < -0.39 is 11.6 Å². The second-order valence-corrected chi connectivity index (χ2v) is 14.0. The predicted octanol–water partition coefficient (Wildman–Crippen LogP) is 9.26. The molecule has 0 spiro atoms. The fourth-order valence-electron chi connectivity index (χ4n) is 7.26. The molecule has 2 aliphatic rings. The molecular weight excluding hydrogens is 712 g/mol. The number of aliphatic hydroxyl groups is 1. The van der Waals surface area contributed by atoms with Crippen molar-refractivity contribution < 1.29 is 19.4 Å². The number of aliphatic hydroxyl groups excluding tert-OH is 1. The number of fused-ring (bicyclic) bond motifs is 3. The predicted molar refractivity (Wildman–Crippen MR) is 208 cm³/mol. The molecule has 1 heterocycles. The lowest BCUT2D eigenvalue weighted by molar-refractivity contribution is -0.129. The van der Waals surface area contributed by atoms with E-state index in [2.05, 4.69) is 69.8 Å². The molecule has 1 aliphatic carbocycles. The standard InChI is InChI=1S/C45H37BrN2O4/c46-40-18-9-4-13-34(40)29-45(44(50)47-41-38-16-7-5-14-36(38)37-15-6-8-17-39(37)41)42(32-21-19-31(20-22-32)30-11-2-1-3-12-30)52-43(48-45)33-23-25-35(26-24-33)51-28-10-27-49/h1-9,11-26,41-42,49H,10,27-29H2,(H,47,50)/t42-,45-/m1/s1. The quantitative estimate of drug-likeness (QED) is 0.130. The lowest BCUT2D eigenvalue weighted by Gasteiger charge is -2.32. The van der Waals surface area contributed by atoms with Crippen LogP contribution in [-0.2, 0) is 16.0 Å². The minimum Gasteiger partial charge on any atom is -0.494 e. The summed E-state index contributed by atoms with van der Waals surface area (Å²) in [5, 5.41) is 12.7. The van der Waals surface area contributed by atoms with Crippen LogP contribution in [0.3, 0.4) is 0 Å². The van der Waals surface area contributed by atoms with Crippen LogP contribution in [0.15, 0.2) is 161 Å². The van der Waals surface area contributed by atoms with E-state index in [4.69, 9.17) is 14.5 Å². The molecule has 0 bridgehead atoms. The van der Waals surface area contributed by atoms with Crippen LogP contribution < -0.4 is 10.1 Å². The van der Waals surface area contributed by atoms with Gasteiger partial charge in [0.2, 0.25) is 5.90 Å². The molecule has 8 rings (SSSR count). The molecule has 1 amide bonds. The Bertz CT molecular complexity index is 2190. The van der Waals surface area contributed by atoms with Crippen LogP contribution in [-0.4, -0.2) is 35.7 Å². The first kappa shape index (κ1) is 33.6. The summed E-state index contributed by atoms with van der Waals surface area (Å²) in [6, 6.07) is 50.1. The number of halogens is 1. The molecule has 0 saturated heterocycles. The molecular formula is C45H37BrN2O4. The van der Waals surface area contributed by atoms with Crippen molar-refractivity contribution in [3.8, 4) is 28.0 Å². The topological polar surface area (TPSA) is 80.2 Å². The molecule has 52 heavy (non-hydrogen) atoms. The first-order valence-corrected chi connectivity index (χ1v) is 18.3. The third-order valence-electron chi connectivity index (χ3n) is 9.88. The highest BCUT2D eigenvalue weighted by atomic mass is 79.9. The zero-order valence-electron chi connectivity index (χ0n) is 28.4. The second kappa shape index (κ2) is 14.6. The van der Waals surface area contributed by atoms with Gasteiger partial charge in [0.05, 0.1) is 12.6 Å². The summed E-state index contributed by atoms with van der Waals surface area (Å²) in [4.78, 5) is 20.7. The Morgan fingerprint density at radius 2 is 1.33 bits per heavy atom. The lowest BCUT2D eigenvalue weighted by atomic mass is 9.81. The Morgan fingerprint density at radius 1 is 0.731 bits per heavy atom. The van der Waals surface area contributed by atoms with Crippen LogP contribution >= 0.6 is 15.9 Å². The smallest absolute Gasteiger partial charge is 0.253 e. The fourth-order valence-corrected chi connectivity index (χ4v) is 7.69. The van der Waals surface area contributed by atoms with Gasteiger partial charge in [0.25, 0.3) is 5.91 Å². The normalized spacial score (nSPS) is 17.5. The summed E-state index contributed by atoms with van der Waals surface area (Å²) in [5.74, 6) is 0.837. The highest BCUT2D eigenvalue weighted by molar-refractivity contribution is 9.10. The average molecular weight is 750 g/mol. The van der Waals surface area contributed by atoms with E-state index >= 15 is 4.79 Å². The van der Waals surface area contributed by atoms with Gasteiger partial charge in [0, 0.05) is 29.5 Å². The van der Waals surface area contributed by atoms with Gasteiger partial charge < -0.3 is 19.9 Å². The third kappa shape index (κ3) is 6.42. The van der Waals surface area contributed by atoms with Crippen molar-refractivity contribution in [3.05, 3.63) is 184 Å². The van der Waals surface area contributed by atoms with E-state index in [0.717, 1.165) is 54.5 Å². The van der Waals surface area contributed by atoms with Gasteiger partial charge in [-0.15, -0.1) is 0 Å². The van der Waals surface area contributed by atoms with Crippen LogP contribution in [0, 0.1) is 0 Å². The van der Waals surface area contributed by atoms with Crippen LogP contribution in [0.1, 0.15) is 46.4 Å². The number of amides is 1. The molecule has 2 N–H and O–H groups in total. The second-order valence-electron chi connectivity index (χ2n) is 13.1. The maximum atomic E-state index is 15.4. The summed E-state index contributed by atoms with van der Waals surface area (Å²) >= 11 is 3.76. The van der Waals surface area contributed by atoms with E-state index in [1.54, 1.807) is 0 Å². The number of nitrogens with one attached hydrogen (secondary N) is 1. The molecule has 0 fully saturated rings. The molecule has 7 heteroatoms. The van der Waals surface area contributed by atoms with Crippen molar-refractivity contribution >= 4 is 27.7 Å². The summed E-state index contributed by atoms with van der Waals surface area (Å²) in [6.45, 7) is 0.479. The van der Waals surface area contributed by atoms with E-state index in [1.165, 1.54) is 0 Å². The zero-order chi connectivity index (χ0) is 35.5. The van der Waals surface area contributed by atoms with Crippen molar-refractivity contribution in [2.24, 2.45) is 4.99 Å². The molecule has 0 radical (unpaired) electrons. The van der Waals surface area contributed by atoms with Crippen molar-refractivity contribution in [2.75, 3.05) is 13.2 Å². The maximum Gasteiger partial charge on any atom is 0.253 e. The maximum absolute atomic E-state index is 15.4. The number of benzene rings is 6. The Morgan fingerprint density at radius 3 is 2.00 bits per heavy atom. The number of aliphatic imine (C=N–C) groups is 1. The molecule has 2 atom stereocenters. The van der Waals surface area contributed by atoms with Gasteiger partial charge in [-0.2, -0.15) is 0 Å². The summed E-state index contributed by atoms with van der Waals surface area (Å²) in [5.41, 5.74) is 7.65. The van der Waals surface area contributed by atoms with Crippen LogP contribution in [0.25, 0.3) is 22.3 Å². The van der Waals surface area contributed by atoms with Gasteiger partial charge in [-0.1, -0.05) is 137 Å². The Kier molecular flexibility index (Phi) is 9.46. The van der Waals surface area contributed by atoms with Gasteiger partial charge in [0.1, 0.15) is 5.75 Å². The fraction of sp³-hybridized carbons (Fsp3) is 0.156. The third-order valence-corrected chi connectivity index (χ3v) is 10.7. The number of hydrogen-bond donors (Lipinski definition) is 2. The monoisotopic (exact) mass is 748 g/mol. The SMILES string of the molecule is O=C(NC1c2ccccc2-c2ccccc21)[C@]1(Cc2ccccc2Br)N=C(c2ccc(OCCCO)cc2)O[C@@H]1c1ccc(-c2ccccc2)cc1. The van der Waals surface area contributed by atoms with Crippen molar-refractivity contribution in [3.63, 3.8) is 0 Å². The highest BCUT2D eigenvalue weighted by Gasteiger charge is 2.54. The Balaban J connectivity index is 1.24. The molecule has 0 unspecified atom stereocenters. The van der Waals surface area contributed by atoms with Gasteiger partial charge in [-0.25, -0.2) is 4.99 Å². The first-order valence-electron chi connectivity index (χ1n) is 17.5. The van der Waals surface area contributed by atoms with Gasteiger partial charge >= 0.3 is 0 Å². The number of carbonyl (C=O) groups excluding carboxylic acids is 1. The number of rotatable bonds is 11. The van der Waals surface area contributed by atoms with Crippen molar-refractivity contribution in [1.82, 2.24) is 5.32 Å². The minimum atomic E-state index is -1.38. The molecule has 6 nitrogen and oxygen atoms in total. The zero-order valence-corrected chi connectivity index (χ0v) is 30.0. The number of hydrogen-bond acceptors (Lipinski definition) is 5. The highest BCUT2D eigenvalue weighted by Crippen LogP contribution is 2.47. The van der Waals surface area contributed by atoms with E-state index in [1.807, 2.05) is 103 Å². The molecule has 1 aliphatic heterocycles. The van der Waals surface area contributed by atoms with Crippen molar-refractivity contribution in [1.29, 1.82) is 0 Å². The molecule has 6 aromatic carbocycles. The van der Waals surface area contributed by atoms with Gasteiger partial charge in [-0.3, -0.25) is 4.79 Å². The van der Waals surface area contributed by atoms with Crippen LogP contribution in [0.5, 0.6) is 5.75 Å². The Labute approximate surface area is 311 Å². The van der Waals surface area contributed by atoms with Crippen molar-refractivity contribution in [2.45, 2.75) is 30.5 Å². The van der Waals surface area contributed by atoms with Crippen LogP contribution in [0.4, 0.5) is 0 Å². The summed E-state index contributed by atoms with van der Waals surface area (Å²) in [7, 11) is 0. The number of nitrogens with zero attached hydrogens (tertiary/aromatic N) is 1. The van der Waals surface area contributed by atoms with Gasteiger partial charge in [0.15, 0.2) is 11.6 Å². The number of ether oxygens (including phenoxy) is 2. The first-order chi connectivity index (χ1) is 25.5. The lowest BCUT2D eigenvalue weighted by Crippen LogP contribution is -2.50. The van der Waals surface area contributed by atoms with E-state index in [0.29, 0.717) is 24.7 Å². The summed E-state index contributed by atoms with van der Waals surface area (Å²) < 4.78 is 13.6. The Hall–Kier alpha value is -5.50. The van der Waals surface area contributed by atoms with Gasteiger partial charge in [-0.05, 0) is 74.8 Å². The average Bonchev–Trinajstić information content (AvgIpc) is 3.73. The number of carbonyl (C=O) groups is 1. The largest absolute Gasteiger partial charge is 0.494 e. The molecule has 0 saturated carbocycles. The molecule has 258 valence electrons. The summed E-state index contributed by atoms with van der Waals surface area (Å²) in [6.07, 6.45) is 0.0878. The van der Waals surface area contributed by atoms with E-state index in [-0.39, 0.29) is 25.0 Å². The molecule has 6 aromatic rings. The van der Waals surface area contributed by atoms with Crippen LogP contribution in [0.2, 0.25) is 0 Å².